The maximum Gasteiger partial charge on any atom is 0.160 e. The van der Waals surface area contributed by atoms with Crippen LogP contribution in [0, 0.1) is 0 Å². The normalized spacial score (nSPS) is 12.7. The van der Waals surface area contributed by atoms with Gasteiger partial charge in [-0.2, -0.15) is 0 Å². The van der Waals surface area contributed by atoms with Gasteiger partial charge in [0, 0.05) is 32.9 Å². The van der Waals surface area contributed by atoms with Crippen molar-refractivity contribution < 1.29 is 4.42 Å². The quantitative estimate of drug-likeness (QED) is 0.161. The smallest absolute Gasteiger partial charge is 0.160 e. The second-order valence-corrected chi connectivity index (χ2v) is 17.4. The summed E-state index contributed by atoms with van der Waals surface area (Å²) in [6.07, 6.45) is 0. The van der Waals surface area contributed by atoms with Crippen LogP contribution >= 0.6 is 0 Å². The highest BCUT2D eigenvalue weighted by molar-refractivity contribution is 6.06. The third kappa shape index (κ3) is 6.53. The summed E-state index contributed by atoms with van der Waals surface area (Å²) < 4.78 is 6.26. The fraction of sp³-hybridized carbons (Fsp3) is 0.0492. The average molecular weight is 819 g/mol. The van der Waals surface area contributed by atoms with E-state index in [4.69, 9.17) is 14.4 Å². The lowest BCUT2D eigenvalue weighted by molar-refractivity contribution is 0.660. The Kier molecular flexibility index (Phi) is 8.84. The van der Waals surface area contributed by atoms with Crippen LogP contribution in [0.1, 0.15) is 25.0 Å². The standard InChI is InChI=1S/C61H42N2O/c1-61(2)54-22-11-9-20-50(54)51-30-28-45(37-55(51)61)40-24-26-41(27-25-40)47-33-48(44-29-31-59-53(36-44)52-21-10-12-23-58(52)64-59)35-49(34-47)57-38-56(62-60(63-57)42-16-7-4-8-17-42)46-19-13-18-43(32-46)39-14-5-3-6-15-39/h3-38H,1-2H3. The molecule has 2 heterocycles. The second kappa shape index (κ2) is 15.0. The number of benzene rings is 9. The zero-order chi connectivity index (χ0) is 42.8. The first-order chi connectivity index (χ1) is 31.4. The maximum absolute atomic E-state index is 6.26. The molecule has 3 nitrogen and oxygen atoms in total. The zero-order valence-electron chi connectivity index (χ0n) is 35.6. The summed E-state index contributed by atoms with van der Waals surface area (Å²) in [5.74, 6) is 0.682. The molecule has 0 N–H and O–H groups in total. The van der Waals surface area contributed by atoms with Crippen molar-refractivity contribution in [2.75, 3.05) is 0 Å². The van der Waals surface area contributed by atoms with Crippen LogP contribution in [0.5, 0.6) is 0 Å². The molecule has 302 valence electrons. The Bertz CT molecular complexity index is 3560. The van der Waals surface area contributed by atoms with E-state index < -0.39 is 0 Å². The molecule has 2 aromatic heterocycles. The van der Waals surface area contributed by atoms with Crippen LogP contribution in [0.15, 0.2) is 223 Å². The van der Waals surface area contributed by atoms with E-state index in [-0.39, 0.29) is 5.41 Å². The molecule has 0 fully saturated rings. The highest BCUT2D eigenvalue weighted by atomic mass is 16.3. The molecule has 0 unspecified atom stereocenters. The summed E-state index contributed by atoms with van der Waals surface area (Å²) in [6, 6.07) is 78.0. The molecule has 0 spiro atoms. The zero-order valence-corrected chi connectivity index (χ0v) is 35.6. The van der Waals surface area contributed by atoms with Crippen LogP contribution in [-0.2, 0) is 5.41 Å². The summed E-state index contributed by atoms with van der Waals surface area (Å²) in [6.45, 7) is 4.68. The van der Waals surface area contributed by atoms with E-state index in [9.17, 15) is 0 Å². The number of furan rings is 1. The summed E-state index contributed by atoms with van der Waals surface area (Å²) in [4.78, 5) is 10.5. The van der Waals surface area contributed by atoms with Crippen molar-refractivity contribution in [1.82, 2.24) is 9.97 Å². The van der Waals surface area contributed by atoms with Crippen molar-refractivity contribution in [3.05, 3.63) is 230 Å². The molecule has 12 rings (SSSR count). The van der Waals surface area contributed by atoms with E-state index in [1.165, 1.54) is 38.9 Å². The van der Waals surface area contributed by atoms with Gasteiger partial charge in [-0.25, -0.2) is 9.97 Å². The highest BCUT2D eigenvalue weighted by Crippen LogP contribution is 2.49. The second-order valence-electron chi connectivity index (χ2n) is 17.4. The number of para-hydroxylation sites is 1. The number of fused-ring (bicyclic) bond motifs is 6. The van der Waals surface area contributed by atoms with Crippen LogP contribution in [0.2, 0.25) is 0 Å². The molecule has 64 heavy (non-hydrogen) atoms. The molecule has 0 aliphatic heterocycles. The Balaban J connectivity index is 1.00. The van der Waals surface area contributed by atoms with E-state index in [1.807, 2.05) is 30.3 Å². The van der Waals surface area contributed by atoms with Gasteiger partial charge in [0.25, 0.3) is 0 Å². The molecule has 0 saturated heterocycles. The molecular weight excluding hydrogens is 777 g/mol. The lowest BCUT2D eigenvalue weighted by Gasteiger charge is -2.22. The van der Waals surface area contributed by atoms with Crippen LogP contribution in [0.3, 0.4) is 0 Å². The largest absolute Gasteiger partial charge is 0.456 e. The summed E-state index contributed by atoms with van der Waals surface area (Å²) in [7, 11) is 0. The third-order valence-corrected chi connectivity index (χ3v) is 13.1. The fourth-order valence-corrected chi connectivity index (χ4v) is 9.70. The van der Waals surface area contributed by atoms with Crippen LogP contribution in [0.25, 0.3) is 111 Å². The van der Waals surface area contributed by atoms with Gasteiger partial charge in [-0.1, -0.05) is 178 Å². The van der Waals surface area contributed by atoms with Gasteiger partial charge in [0.2, 0.25) is 0 Å². The minimum Gasteiger partial charge on any atom is -0.456 e. The summed E-state index contributed by atoms with van der Waals surface area (Å²) in [5.41, 5.74) is 21.0. The molecule has 0 amide bonds. The average Bonchev–Trinajstić information content (AvgIpc) is 3.85. The highest BCUT2D eigenvalue weighted by Gasteiger charge is 2.35. The first-order valence-electron chi connectivity index (χ1n) is 22.0. The molecule has 1 aliphatic rings. The fourth-order valence-electron chi connectivity index (χ4n) is 9.70. The lowest BCUT2D eigenvalue weighted by atomic mass is 9.81. The molecule has 0 bridgehead atoms. The van der Waals surface area contributed by atoms with Crippen molar-refractivity contribution in [3.8, 4) is 89.5 Å². The minimum atomic E-state index is -0.0591. The molecule has 1 aliphatic carbocycles. The van der Waals surface area contributed by atoms with Crippen LogP contribution in [0.4, 0.5) is 0 Å². The molecule has 3 heteroatoms. The monoisotopic (exact) mass is 818 g/mol. The first kappa shape index (κ1) is 37.6. The molecule has 9 aromatic carbocycles. The Morgan fingerprint density at radius 2 is 0.812 bits per heavy atom. The predicted molar refractivity (Wildman–Crippen MR) is 265 cm³/mol. The third-order valence-electron chi connectivity index (χ3n) is 13.1. The van der Waals surface area contributed by atoms with Crippen molar-refractivity contribution in [3.63, 3.8) is 0 Å². The predicted octanol–water partition coefficient (Wildman–Crippen LogP) is 16.4. The van der Waals surface area contributed by atoms with Gasteiger partial charge in [0.05, 0.1) is 11.4 Å². The van der Waals surface area contributed by atoms with Gasteiger partial charge >= 0.3 is 0 Å². The van der Waals surface area contributed by atoms with E-state index in [2.05, 4.69) is 202 Å². The van der Waals surface area contributed by atoms with Gasteiger partial charge in [0.15, 0.2) is 5.82 Å². The van der Waals surface area contributed by atoms with E-state index in [0.717, 1.165) is 77.8 Å². The number of aromatic nitrogens is 2. The number of hydrogen-bond donors (Lipinski definition) is 0. The van der Waals surface area contributed by atoms with Crippen molar-refractivity contribution >= 4 is 21.9 Å². The SMILES string of the molecule is CC1(C)c2ccccc2-c2ccc(-c3ccc(-c4cc(-c5ccc6oc7ccccc7c6c5)cc(-c5cc(-c6cccc(-c7ccccc7)c6)nc(-c6ccccc6)n5)c4)cc3)cc21. The molecule has 0 radical (unpaired) electrons. The van der Waals surface area contributed by atoms with Gasteiger partial charge < -0.3 is 4.42 Å². The van der Waals surface area contributed by atoms with Crippen molar-refractivity contribution in [1.29, 1.82) is 0 Å². The van der Waals surface area contributed by atoms with Crippen molar-refractivity contribution in [2.45, 2.75) is 19.3 Å². The summed E-state index contributed by atoms with van der Waals surface area (Å²) in [5, 5.41) is 2.20. The van der Waals surface area contributed by atoms with Gasteiger partial charge in [0.1, 0.15) is 11.2 Å². The molecule has 0 atom stereocenters. The van der Waals surface area contributed by atoms with Crippen LogP contribution in [-0.4, -0.2) is 9.97 Å². The lowest BCUT2D eigenvalue weighted by Crippen LogP contribution is -2.14. The maximum atomic E-state index is 6.26. The van der Waals surface area contributed by atoms with Gasteiger partial charge in [-0.05, 0) is 121 Å². The van der Waals surface area contributed by atoms with Gasteiger partial charge in [-0.15, -0.1) is 0 Å². The Morgan fingerprint density at radius 1 is 0.312 bits per heavy atom. The molecule has 0 saturated carbocycles. The first-order valence-corrected chi connectivity index (χ1v) is 22.0. The van der Waals surface area contributed by atoms with Gasteiger partial charge in [-0.3, -0.25) is 0 Å². The van der Waals surface area contributed by atoms with Crippen molar-refractivity contribution in [2.24, 2.45) is 0 Å². The Labute approximate surface area is 373 Å². The Hall–Kier alpha value is -8.14. The minimum absolute atomic E-state index is 0.0591. The topological polar surface area (TPSA) is 38.9 Å². The number of nitrogens with zero attached hydrogens (tertiary/aromatic N) is 2. The van der Waals surface area contributed by atoms with E-state index in [0.29, 0.717) is 5.82 Å². The van der Waals surface area contributed by atoms with E-state index in [1.54, 1.807) is 0 Å². The number of hydrogen-bond acceptors (Lipinski definition) is 3. The summed E-state index contributed by atoms with van der Waals surface area (Å²) >= 11 is 0. The Morgan fingerprint density at radius 3 is 1.61 bits per heavy atom. The van der Waals surface area contributed by atoms with Crippen LogP contribution < -0.4 is 0 Å². The van der Waals surface area contributed by atoms with E-state index >= 15 is 0 Å². The molecule has 11 aromatic rings. The number of rotatable bonds is 7. The molecular formula is C61H42N2O.